The Morgan fingerprint density at radius 1 is 1.04 bits per heavy atom. The quantitative estimate of drug-likeness (QED) is 0.386. The summed E-state index contributed by atoms with van der Waals surface area (Å²) < 4.78 is 0. The van der Waals surface area contributed by atoms with Gasteiger partial charge < -0.3 is 15.1 Å². The summed E-state index contributed by atoms with van der Waals surface area (Å²) in [5.74, 6) is 1.99. The summed E-state index contributed by atoms with van der Waals surface area (Å²) >= 11 is 0. The van der Waals surface area contributed by atoms with E-state index in [0.717, 1.165) is 68.6 Å². The number of hydrogen-bond donors (Lipinski definition) is 1. The highest BCUT2D eigenvalue weighted by molar-refractivity contribution is 14.0. The molecular formula is C22H35IN4O. The van der Waals surface area contributed by atoms with Crippen molar-refractivity contribution >= 4 is 35.8 Å². The van der Waals surface area contributed by atoms with Crippen LogP contribution in [0.1, 0.15) is 61.9 Å². The van der Waals surface area contributed by atoms with Crippen molar-refractivity contribution in [2.75, 3.05) is 32.7 Å². The topological polar surface area (TPSA) is 47.9 Å². The molecule has 2 aliphatic heterocycles. The molecule has 0 aliphatic carbocycles. The fourth-order valence-electron chi connectivity index (χ4n) is 3.84. The van der Waals surface area contributed by atoms with Gasteiger partial charge in [-0.25, -0.2) is 4.99 Å². The fourth-order valence-corrected chi connectivity index (χ4v) is 3.84. The van der Waals surface area contributed by atoms with E-state index in [1.807, 2.05) is 29.2 Å². The van der Waals surface area contributed by atoms with Crippen molar-refractivity contribution in [2.24, 2.45) is 10.9 Å². The zero-order valence-corrected chi connectivity index (χ0v) is 19.7. The predicted octanol–water partition coefficient (Wildman–Crippen LogP) is 4.13. The van der Waals surface area contributed by atoms with Gasteiger partial charge in [0.25, 0.3) is 5.91 Å². The Kier molecular flexibility index (Phi) is 9.55. The summed E-state index contributed by atoms with van der Waals surface area (Å²) in [6.07, 6.45) is 5.96. The molecule has 0 saturated carbocycles. The Balaban J connectivity index is 0.00000280. The molecule has 0 spiro atoms. The maximum absolute atomic E-state index is 12.6. The molecule has 3 rings (SSSR count). The average molecular weight is 498 g/mol. The monoisotopic (exact) mass is 498 g/mol. The third-order valence-electron chi connectivity index (χ3n) is 5.67. The average Bonchev–Trinajstić information content (AvgIpc) is 2.72. The molecule has 1 amide bonds. The van der Waals surface area contributed by atoms with Crippen LogP contribution in [0.4, 0.5) is 0 Å². The van der Waals surface area contributed by atoms with E-state index in [1.54, 1.807) is 0 Å². The molecule has 2 fully saturated rings. The molecular weight excluding hydrogens is 463 g/mol. The van der Waals surface area contributed by atoms with Gasteiger partial charge in [-0.2, -0.15) is 0 Å². The molecule has 1 aromatic carbocycles. The van der Waals surface area contributed by atoms with Crippen LogP contribution in [0.2, 0.25) is 0 Å². The lowest BCUT2D eigenvalue weighted by atomic mass is 10.00. The number of carbonyl (C=O) groups is 1. The van der Waals surface area contributed by atoms with Crippen LogP contribution in [0.3, 0.4) is 0 Å². The van der Waals surface area contributed by atoms with Crippen molar-refractivity contribution in [3.05, 3.63) is 35.4 Å². The molecule has 0 radical (unpaired) electrons. The number of benzene rings is 1. The van der Waals surface area contributed by atoms with Gasteiger partial charge in [0.2, 0.25) is 0 Å². The van der Waals surface area contributed by atoms with Crippen molar-refractivity contribution in [3.63, 3.8) is 0 Å². The lowest BCUT2D eigenvalue weighted by molar-refractivity contribution is 0.0724. The summed E-state index contributed by atoms with van der Waals surface area (Å²) in [5, 5.41) is 3.43. The largest absolute Gasteiger partial charge is 0.357 e. The number of guanidine groups is 1. The van der Waals surface area contributed by atoms with Gasteiger partial charge in [0.1, 0.15) is 0 Å². The lowest BCUT2D eigenvalue weighted by Gasteiger charge is -2.33. The number of amides is 1. The molecule has 0 unspecified atom stereocenters. The van der Waals surface area contributed by atoms with Crippen LogP contribution in [0.25, 0.3) is 0 Å². The molecule has 1 aromatic rings. The Hall–Kier alpha value is -1.31. The zero-order chi connectivity index (χ0) is 19.1. The Morgan fingerprint density at radius 2 is 1.68 bits per heavy atom. The molecule has 1 N–H and O–H groups in total. The molecule has 6 heteroatoms. The first-order chi connectivity index (χ1) is 13.2. The predicted molar refractivity (Wildman–Crippen MR) is 126 cm³/mol. The van der Waals surface area contributed by atoms with Gasteiger partial charge in [0.15, 0.2) is 5.96 Å². The zero-order valence-electron chi connectivity index (χ0n) is 17.3. The van der Waals surface area contributed by atoms with Gasteiger partial charge in [-0.3, -0.25) is 4.79 Å². The molecule has 0 bridgehead atoms. The van der Waals surface area contributed by atoms with Crippen molar-refractivity contribution in [3.8, 4) is 0 Å². The van der Waals surface area contributed by atoms with E-state index < -0.39 is 0 Å². The van der Waals surface area contributed by atoms with Crippen LogP contribution < -0.4 is 5.32 Å². The van der Waals surface area contributed by atoms with Crippen LogP contribution >= 0.6 is 24.0 Å². The van der Waals surface area contributed by atoms with Gasteiger partial charge in [0, 0.05) is 38.3 Å². The molecule has 0 atom stereocenters. The maximum Gasteiger partial charge on any atom is 0.253 e. The van der Waals surface area contributed by atoms with E-state index in [9.17, 15) is 4.79 Å². The van der Waals surface area contributed by atoms with Crippen molar-refractivity contribution in [1.82, 2.24) is 15.1 Å². The van der Waals surface area contributed by atoms with E-state index in [2.05, 4.69) is 24.1 Å². The highest BCUT2D eigenvalue weighted by Crippen LogP contribution is 2.17. The third-order valence-corrected chi connectivity index (χ3v) is 5.67. The fraction of sp³-hybridized carbons (Fsp3) is 0.636. The molecule has 5 nitrogen and oxygen atoms in total. The summed E-state index contributed by atoms with van der Waals surface area (Å²) in [4.78, 5) is 21.8. The Labute approximate surface area is 187 Å². The number of hydrogen-bond acceptors (Lipinski definition) is 2. The molecule has 156 valence electrons. The highest BCUT2D eigenvalue weighted by Gasteiger charge is 2.19. The first-order valence-electron chi connectivity index (χ1n) is 10.6. The minimum absolute atomic E-state index is 0. The second-order valence-corrected chi connectivity index (χ2v) is 7.89. The van der Waals surface area contributed by atoms with Crippen molar-refractivity contribution in [2.45, 2.75) is 52.5 Å². The SMILES string of the molecule is CCNC(=NCc1ccc(C(=O)N2CCCCC2)cc1)N1CCC(C)CC1.I. The van der Waals surface area contributed by atoms with Gasteiger partial charge >= 0.3 is 0 Å². The summed E-state index contributed by atoms with van der Waals surface area (Å²) in [6.45, 7) is 9.92. The van der Waals surface area contributed by atoms with Crippen LogP contribution in [-0.2, 0) is 6.54 Å². The van der Waals surface area contributed by atoms with Gasteiger partial charge in [-0.1, -0.05) is 19.1 Å². The van der Waals surface area contributed by atoms with Crippen molar-refractivity contribution in [1.29, 1.82) is 0 Å². The molecule has 2 saturated heterocycles. The summed E-state index contributed by atoms with van der Waals surface area (Å²) in [7, 11) is 0. The van der Waals surface area contributed by atoms with E-state index in [-0.39, 0.29) is 29.9 Å². The molecule has 0 aromatic heterocycles. The maximum atomic E-state index is 12.6. The van der Waals surface area contributed by atoms with Gasteiger partial charge in [0.05, 0.1) is 6.54 Å². The first kappa shape index (κ1) is 23.0. The second kappa shape index (κ2) is 11.6. The number of rotatable bonds is 4. The summed E-state index contributed by atoms with van der Waals surface area (Å²) in [6, 6.07) is 8.00. The minimum Gasteiger partial charge on any atom is -0.357 e. The molecule has 2 aliphatic rings. The number of nitrogens with zero attached hydrogens (tertiary/aromatic N) is 3. The van der Waals surface area contributed by atoms with Gasteiger partial charge in [-0.05, 0) is 62.6 Å². The number of nitrogens with one attached hydrogen (secondary N) is 1. The molecule has 28 heavy (non-hydrogen) atoms. The van der Waals surface area contributed by atoms with Gasteiger partial charge in [-0.15, -0.1) is 24.0 Å². The van der Waals surface area contributed by atoms with E-state index >= 15 is 0 Å². The standard InChI is InChI=1S/C22H34N4O.HI/c1-3-23-22(26-15-11-18(2)12-16-26)24-17-19-7-9-20(10-8-19)21(27)25-13-5-4-6-14-25;/h7-10,18H,3-6,11-17H2,1-2H3,(H,23,24);1H. The Morgan fingerprint density at radius 3 is 2.29 bits per heavy atom. The third kappa shape index (κ3) is 6.36. The number of halogens is 1. The van der Waals surface area contributed by atoms with Crippen LogP contribution in [0.5, 0.6) is 0 Å². The van der Waals surface area contributed by atoms with Crippen LogP contribution in [0.15, 0.2) is 29.3 Å². The van der Waals surface area contributed by atoms with Crippen molar-refractivity contribution < 1.29 is 4.79 Å². The Bertz CT molecular complexity index is 632. The number of aliphatic imine (C=N–C) groups is 1. The second-order valence-electron chi connectivity index (χ2n) is 7.89. The summed E-state index contributed by atoms with van der Waals surface area (Å²) in [5.41, 5.74) is 1.94. The number of likely N-dealkylation sites (tertiary alicyclic amines) is 2. The highest BCUT2D eigenvalue weighted by atomic mass is 127. The van der Waals surface area contributed by atoms with Crippen LogP contribution in [0, 0.1) is 5.92 Å². The van der Waals surface area contributed by atoms with E-state index in [1.165, 1.54) is 19.3 Å². The number of carbonyl (C=O) groups excluding carboxylic acids is 1. The minimum atomic E-state index is 0. The molecule has 2 heterocycles. The first-order valence-corrected chi connectivity index (χ1v) is 10.6. The van der Waals surface area contributed by atoms with Crippen LogP contribution in [-0.4, -0.2) is 54.4 Å². The van der Waals surface area contributed by atoms with E-state index in [4.69, 9.17) is 4.99 Å². The smallest absolute Gasteiger partial charge is 0.253 e. The number of piperidine rings is 2. The lowest BCUT2D eigenvalue weighted by Crippen LogP contribution is -2.45. The van der Waals surface area contributed by atoms with E-state index in [0.29, 0.717) is 6.54 Å². The normalized spacial score (nSPS) is 18.6.